The van der Waals surface area contributed by atoms with E-state index in [9.17, 15) is 19.2 Å². The van der Waals surface area contributed by atoms with Crippen molar-refractivity contribution in [3.05, 3.63) is 33.4 Å². The summed E-state index contributed by atoms with van der Waals surface area (Å²) in [6.07, 6.45) is 16.8. The van der Waals surface area contributed by atoms with Gasteiger partial charge in [0.15, 0.2) is 0 Å². The van der Waals surface area contributed by atoms with Crippen molar-refractivity contribution in [3.63, 3.8) is 0 Å². The highest BCUT2D eigenvalue weighted by Crippen LogP contribution is 2.55. The third kappa shape index (κ3) is 16.9. The van der Waals surface area contributed by atoms with Crippen molar-refractivity contribution in [3.8, 4) is 23.0 Å². The topological polar surface area (TPSA) is 105 Å². The first-order valence-corrected chi connectivity index (χ1v) is 24.9. The second-order valence-electron chi connectivity index (χ2n) is 15.1. The summed E-state index contributed by atoms with van der Waals surface area (Å²) in [7, 11) is 4.20. The van der Waals surface area contributed by atoms with E-state index in [2.05, 4.69) is 27.7 Å². The van der Waals surface area contributed by atoms with Crippen LogP contribution in [0.2, 0.25) is 0 Å². The fourth-order valence-corrected chi connectivity index (χ4v) is 10.8. The molecule has 8 nitrogen and oxygen atoms in total. The van der Waals surface area contributed by atoms with Crippen LogP contribution in [0, 0.1) is 41.5 Å². The fourth-order valence-electron chi connectivity index (χ4n) is 6.41. The van der Waals surface area contributed by atoms with E-state index in [0.29, 0.717) is 69.6 Å². The van der Waals surface area contributed by atoms with Crippen LogP contribution in [0.25, 0.3) is 0 Å². The van der Waals surface area contributed by atoms with Crippen LogP contribution < -0.4 is 18.9 Å². The summed E-state index contributed by atoms with van der Waals surface area (Å²) in [5.41, 5.74) is 4.39. The Kier molecular flexibility index (Phi) is 24.8. The molecular formula is C46H70O8S3. The SMILES string of the molecule is CCCCCCC(=O)Oc1c(C)c(C)c(OC(=O)CCCCCC)c(SSSc2c(C)c(OC(=O)CCCCCC)c(C)c(C)c2OC(=O)CCCCCC)c1C. The molecule has 0 bridgehead atoms. The molecule has 0 radical (unpaired) electrons. The monoisotopic (exact) mass is 846 g/mol. The highest BCUT2D eigenvalue weighted by atomic mass is 33.5. The minimum atomic E-state index is -0.299. The maximum absolute atomic E-state index is 13.2. The van der Waals surface area contributed by atoms with Crippen molar-refractivity contribution in [2.45, 2.75) is 207 Å². The Morgan fingerprint density at radius 3 is 0.860 bits per heavy atom. The van der Waals surface area contributed by atoms with E-state index in [4.69, 9.17) is 18.9 Å². The lowest BCUT2D eigenvalue weighted by molar-refractivity contribution is -0.135. The van der Waals surface area contributed by atoms with E-state index in [-0.39, 0.29) is 23.9 Å². The highest BCUT2D eigenvalue weighted by Gasteiger charge is 2.27. The van der Waals surface area contributed by atoms with Crippen LogP contribution in [0.1, 0.15) is 189 Å². The predicted molar refractivity (Wildman–Crippen MR) is 238 cm³/mol. The maximum atomic E-state index is 13.2. The summed E-state index contributed by atoms with van der Waals surface area (Å²) in [6.45, 7) is 19.9. The van der Waals surface area contributed by atoms with Gasteiger partial charge in [-0.2, -0.15) is 0 Å². The average Bonchev–Trinajstić information content (AvgIpc) is 3.18. The van der Waals surface area contributed by atoms with Crippen LogP contribution in [0.4, 0.5) is 0 Å². The third-order valence-electron chi connectivity index (χ3n) is 10.3. The van der Waals surface area contributed by atoms with E-state index >= 15 is 0 Å². The Labute approximate surface area is 355 Å². The Morgan fingerprint density at radius 1 is 0.351 bits per heavy atom. The van der Waals surface area contributed by atoms with Crippen LogP contribution in [-0.4, -0.2) is 23.9 Å². The van der Waals surface area contributed by atoms with Crippen molar-refractivity contribution in [2.75, 3.05) is 0 Å². The smallest absolute Gasteiger partial charge is 0.311 e. The number of hydrogen-bond acceptors (Lipinski definition) is 11. The fraction of sp³-hybridized carbons (Fsp3) is 0.652. The molecule has 0 aromatic heterocycles. The number of benzene rings is 2. The number of ether oxygens (including phenoxy) is 4. The van der Waals surface area contributed by atoms with Gasteiger partial charge in [-0.15, -0.1) is 0 Å². The van der Waals surface area contributed by atoms with Crippen LogP contribution in [0.5, 0.6) is 23.0 Å². The Balaban J connectivity index is 2.55. The number of hydrogen-bond donors (Lipinski definition) is 0. The molecule has 320 valence electrons. The summed E-state index contributed by atoms with van der Waals surface area (Å²) in [6, 6.07) is 0. The molecule has 0 saturated carbocycles. The summed E-state index contributed by atoms with van der Waals surface area (Å²) < 4.78 is 24.3. The summed E-state index contributed by atoms with van der Waals surface area (Å²) in [5, 5.41) is 0. The molecular weight excluding hydrogens is 777 g/mol. The average molecular weight is 847 g/mol. The zero-order valence-electron chi connectivity index (χ0n) is 36.6. The normalized spacial score (nSPS) is 11.1. The first-order valence-electron chi connectivity index (χ1n) is 21.4. The molecule has 2 aromatic carbocycles. The molecule has 0 aliphatic rings. The molecule has 2 aromatic rings. The van der Waals surface area contributed by atoms with Crippen molar-refractivity contribution < 1.29 is 38.1 Å². The number of carbonyl (C=O) groups is 4. The van der Waals surface area contributed by atoms with Crippen molar-refractivity contribution in [1.82, 2.24) is 0 Å². The number of unbranched alkanes of at least 4 members (excludes halogenated alkanes) is 12. The first kappa shape index (κ1) is 50.5. The number of carbonyl (C=O) groups excluding carboxylic acids is 4. The zero-order chi connectivity index (χ0) is 42.3. The Bertz CT molecular complexity index is 1500. The zero-order valence-corrected chi connectivity index (χ0v) is 39.1. The van der Waals surface area contributed by atoms with Gasteiger partial charge in [-0.3, -0.25) is 19.2 Å². The van der Waals surface area contributed by atoms with E-state index in [1.165, 1.54) is 31.4 Å². The molecule has 0 N–H and O–H groups in total. The largest absolute Gasteiger partial charge is 0.426 e. The lowest BCUT2D eigenvalue weighted by atomic mass is 10.0. The Morgan fingerprint density at radius 2 is 0.596 bits per heavy atom. The molecule has 2 rings (SSSR count). The van der Waals surface area contributed by atoms with Gasteiger partial charge in [0.25, 0.3) is 0 Å². The number of esters is 4. The van der Waals surface area contributed by atoms with E-state index in [1.54, 1.807) is 0 Å². The van der Waals surface area contributed by atoms with Gasteiger partial charge in [-0.1, -0.05) is 105 Å². The maximum Gasteiger partial charge on any atom is 0.311 e. The minimum absolute atomic E-state index is 0.283. The second-order valence-corrected chi connectivity index (χ2v) is 19.0. The molecule has 0 heterocycles. The van der Waals surface area contributed by atoms with E-state index < -0.39 is 0 Å². The van der Waals surface area contributed by atoms with Crippen LogP contribution in [0.3, 0.4) is 0 Å². The highest BCUT2D eigenvalue weighted by molar-refractivity contribution is 9.09. The lowest BCUT2D eigenvalue weighted by Gasteiger charge is -2.22. The minimum Gasteiger partial charge on any atom is -0.426 e. The summed E-state index contributed by atoms with van der Waals surface area (Å²) in [5.74, 6) is 0.720. The van der Waals surface area contributed by atoms with E-state index in [1.807, 2.05) is 41.5 Å². The van der Waals surface area contributed by atoms with Crippen molar-refractivity contribution >= 4 is 55.3 Å². The molecule has 0 aliphatic heterocycles. The molecule has 0 atom stereocenters. The van der Waals surface area contributed by atoms with Gasteiger partial charge in [-0.25, -0.2) is 0 Å². The molecule has 0 aliphatic carbocycles. The molecule has 0 spiro atoms. The molecule has 57 heavy (non-hydrogen) atoms. The summed E-state index contributed by atoms with van der Waals surface area (Å²) >= 11 is 0. The molecule has 11 heteroatoms. The van der Waals surface area contributed by atoms with E-state index in [0.717, 1.165) is 125 Å². The lowest BCUT2D eigenvalue weighted by Crippen LogP contribution is -2.14. The standard InChI is InChI=1S/C46H70O8S3/c1-11-15-19-23-27-37(47)51-41-31(5)33(7)43(53-39(49)29-25-21-17-13-3)45(35(41)9)55-57-56-46-36(10)42(52-38(48)28-24-20-16-12-2)32(6)34(8)44(46)54-40(50)30-26-22-18-14-4/h11-30H2,1-10H3. The van der Waals surface area contributed by atoms with Crippen LogP contribution in [-0.2, 0) is 19.2 Å². The quantitative estimate of drug-likeness (QED) is 0.0354. The van der Waals surface area contributed by atoms with Gasteiger partial charge in [0.05, 0.1) is 9.79 Å². The molecule has 0 amide bonds. The van der Waals surface area contributed by atoms with Gasteiger partial charge >= 0.3 is 23.9 Å². The van der Waals surface area contributed by atoms with Crippen molar-refractivity contribution in [2.24, 2.45) is 0 Å². The third-order valence-corrected chi connectivity index (χ3v) is 14.4. The Hall–Kier alpha value is -2.63. The number of rotatable bonds is 28. The van der Waals surface area contributed by atoms with Crippen LogP contribution in [0.15, 0.2) is 9.79 Å². The molecule has 0 saturated heterocycles. The summed E-state index contributed by atoms with van der Waals surface area (Å²) in [4.78, 5) is 53.9. The van der Waals surface area contributed by atoms with Gasteiger partial charge in [0, 0.05) is 36.8 Å². The van der Waals surface area contributed by atoms with Gasteiger partial charge in [0.2, 0.25) is 0 Å². The van der Waals surface area contributed by atoms with Gasteiger partial charge in [0.1, 0.15) is 23.0 Å². The van der Waals surface area contributed by atoms with Gasteiger partial charge < -0.3 is 18.9 Å². The second kappa shape index (κ2) is 27.9. The van der Waals surface area contributed by atoms with Gasteiger partial charge in [-0.05, 0) is 121 Å². The molecule has 0 fully saturated rings. The predicted octanol–water partition coefficient (Wildman–Crippen LogP) is 14.5. The van der Waals surface area contributed by atoms with Crippen LogP contribution >= 0.6 is 31.4 Å². The van der Waals surface area contributed by atoms with Crippen molar-refractivity contribution in [1.29, 1.82) is 0 Å². The first-order chi connectivity index (χ1) is 27.3. The molecule has 0 unspecified atom stereocenters.